The molecular weight excluding hydrogens is 248 g/mol. The third kappa shape index (κ3) is 5.06. The van der Waals surface area contributed by atoms with Crippen LogP contribution >= 0.6 is 11.8 Å². The van der Waals surface area contributed by atoms with Crippen molar-refractivity contribution >= 4 is 17.7 Å². The van der Waals surface area contributed by atoms with E-state index >= 15 is 0 Å². The highest BCUT2D eigenvalue weighted by molar-refractivity contribution is 7.98. The van der Waals surface area contributed by atoms with Gasteiger partial charge in [0.2, 0.25) is 0 Å². The van der Waals surface area contributed by atoms with Crippen molar-refractivity contribution in [1.29, 1.82) is 0 Å². The zero-order chi connectivity index (χ0) is 13.4. The van der Waals surface area contributed by atoms with Crippen molar-refractivity contribution in [2.75, 3.05) is 19.4 Å². The highest BCUT2D eigenvalue weighted by Gasteiger charge is 2.10. The quantitative estimate of drug-likeness (QED) is 0.609. The van der Waals surface area contributed by atoms with Crippen molar-refractivity contribution in [2.24, 2.45) is 0 Å². The molecule has 0 radical (unpaired) electrons. The lowest BCUT2D eigenvalue weighted by molar-refractivity contribution is 0.0756. The fourth-order valence-corrected chi connectivity index (χ4v) is 1.96. The minimum atomic E-state index is -0.0722. The number of pyridine rings is 1. The van der Waals surface area contributed by atoms with Crippen molar-refractivity contribution in [2.45, 2.75) is 31.4 Å². The summed E-state index contributed by atoms with van der Waals surface area (Å²) in [5.74, 6) is -0.0722. The molecule has 0 aliphatic rings. The second-order valence-corrected chi connectivity index (χ2v) is 4.88. The van der Waals surface area contributed by atoms with Crippen LogP contribution in [-0.4, -0.2) is 36.4 Å². The highest BCUT2D eigenvalue weighted by Crippen LogP contribution is 2.16. The molecule has 0 aliphatic carbocycles. The molecule has 5 heteroatoms. The topological polar surface area (TPSA) is 51.2 Å². The predicted molar refractivity (Wildman–Crippen MR) is 74.1 cm³/mol. The van der Waals surface area contributed by atoms with Gasteiger partial charge in [0.05, 0.1) is 11.7 Å². The van der Waals surface area contributed by atoms with Gasteiger partial charge in [-0.2, -0.15) is 0 Å². The lowest BCUT2D eigenvalue weighted by Crippen LogP contribution is -2.26. The molecule has 0 aliphatic heterocycles. The van der Waals surface area contributed by atoms with E-state index in [9.17, 15) is 4.79 Å². The summed E-state index contributed by atoms with van der Waals surface area (Å²) >= 11 is 1.47. The number of aromatic nitrogens is 1. The number of amides is 1. The summed E-state index contributed by atoms with van der Waals surface area (Å²) in [4.78, 5) is 16.1. The summed E-state index contributed by atoms with van der Waals surface area (Å²) in [5.41, 5.74) is 0.634. The van der Waals surface area contributed by atoms with E-state index in [0.29, 0.717) is 18.7 Å². The maximum Gasteiger partial charge on any atom is 0.254 e. The Labute approximate surface area is 113 Å². The van der Waals surface area contributed by atoms with Gasteiger partial charge >= 0.3 is 0 Å². The van der Waals surface area contributed by atoms with Crippen molar-refractivity contribution in [3.8, 4) is 0 Å². The third-order valence-electron chi connectivity index (χ3n) is 2.27. The molecule has 0 spiro atoms. The zero-order valence-corrected chi connectivity index (χ0v) is 11.9. The van der Waals surface area contributed by atoms with E-state index in [1.165, 1.54) is 11.8 Å². The standard InChI is InChI=1S/C13H20N2O2S/c1-10(2)17-9-5-8-14-12(16)11-6-4-7-15-13(11)18-3/h4,6-7,10H,5,8-9H2,1-3H3,(H,14,16). The smallest absolute Gasteiger partial charge is 0.254 e. The second-order valence-electron chi connectivity index (χ2n) is 4.09. The zero-order valence-electron chi connectivity index (χ0n) is 11.1. The second kappa shape index (κ2) is 8.11. The van der Waals surface area contributed by atoms with Gasteiger partial charge in [-0.25, -0.2) is 4.98 Å². The van der Waals surface area contributed by atoms with Gasteiger partial charge in [0.25, 0.3) is 5.91 Å². The molecule has 18 heavy (non-hydrogen) atoms. The van der Waals surface area contributed by atoms with Gasteiger partial charge in [-0.15, -0.1) is 11.8 Å². The van der Waals surface area contributed by atoms with Gasteiger partial charge in [0.1, 0.15) is 5.03 Å². The number of ether oxygens (including phenoxy) is 1. The van der Waals surface area contributed by atoms with Crippen LogP contribution in [-0.2, 0) is 4.74 Å². The van der Waals surface area contributed by atoms with E-state index < -0.39 is 0 Å². The molecule has 0 fully saturated rings. The Balaban J connectivity index is 2.36. The van der Waals surface area contributed by atoms with Crippen molar-refractivity contribution in [3.63, 3.8) is 0 Å². The Kier molecular flexibility index (Phi) is 6.75. The van der Waals surface area contributed by atoms with Crippen molar-refractivity contribution in [1.82, 2.24) is 10.3 Å². The molecule has 1 amide bonds. The van der Waals surface area contributed by atoms with E-state index in [4.69, 9.17) is 4.74 Å². The van der Waals surface area contributed by atoms with E-state index in [-0.39, 0.29) is 12.0 Å². The van der Waals surface area contributed by atoms with Crippen LogP contribution in [0.25, 0.3) is 0 Å². The summed E-state index contributed by atoms with van der Waals surface area (Å²) in [5, 5.41) is 3.63. The monoisotopic (exact) mass is 268 g/mol. The lowest BCUT2D eigenvalue weighted by atomic mass is 10.2. The fourth-order valence-electron chi connectivity index (χ4n) is 1.41. The highest BCUT2D eigenvalue weighted by atomic mass is 32.2. The fraction of sp³-hybridized carbons (Fsp3) is 0.538. The summed E-state index contributed by atoms with van der Waals surface area (Å²) in [7, 11) is 0. The van der Waals surface area contributed by atoms with E-state index in [1.54, 1.807) is 18.3 Å². The van der Waals surface area contributed by atoms with Crippen LogP contribution < -0.4 is 5.32 Å². The average molecular weight is 268 g/mol. The molecular formula is C13H20N2O2S. The molecule has 1 rings (SSSR count). The van der Waals surface area contributed by atoms with E-state index in [1.807, 2.05) is 20.1 Å². The van der Waals surface area contributed by atoms with Gasteiger partial charge in [-0.1, -0.05) is 0 Å². The third-order valence-corrected chi connectivity index (χ3v) is 2.98. The van der Waals surface area contributed by atoms with E-state index in [2.05, 4.69) is 10.3 Å². The van der Waals surface area contributed by atoms with Crippen LogP contribution in [0.5, 0.6) is 0 Å². The van der Waals surface area contributed by atoms with Gasteiger partial charge in [-0.05, 0) is 38.7 Å². The number of hydrogen-bond acceptors (Lipinski definition) is 4. The van der Waals surface area contributed by atoms with Crippen LogP contribution in [0.15, 0.2) is 23.4 Å². The van der Waals surface area contributed by atoms with Gasteiger partial charge in [0.15, 0.2) is 0 Å². The van der Waals surface area contributed by atoms with Crippen LogP contribution in [0.3, 0.4) is 0 Å². The molecule has 0 unspecified atom stereocenters. The van der Waals surface area contributed by atoms with Crippen molar-refractivity contribution in [3.05, 3.63) is 23.9 Å². The van der Waals surface area contributed by atoms with Crippen LogP contribution in [0.1, 0.15) is 30.6 Å². The van der Waals surface area contributed by atoms with Crippen molar-refractivity contribution < 1.29 is 9.53 Å². The Morgan fingerprint density at radius 2 is 2.33 bits per heavy atom. The Bertz CT molecular complexity index is 383. The first kappa shape index (κ1) is 15.0. The normalized spacial score (nSPS) is 10.7. The van der Waals surface area contributed by atoms with Crippen LogP contribution in [0, 0.1) is 0 Å². The summed E-state index contributed by atoms with van der Waals surface area (Å²) in [6, 6.07) is 3.56. The van der Waals surface area contributed by atoms with Crippen LogP contribution in [0.2, 0.25) is 0 Å². The average Bonchev–Trinajstić information content (AvgIpc) is 2.37. The first-order valence-corrected chi connectivity index (χ1v) is 7.26. The summed E-state index contributed by atoms with van der Waals surface area (Å²) < 4.78 is 5.41. The molecule has 0 bridgehead atoms. The molecule has 1 N–H and O–H groups in total. The molecule has 1 heterocycles. The minimum Gasteiger partial charge on any atom is -0.379 e. The molecule has 1 aromatic heterocycles. The lowest BCUT2D eigenvalue weighted by Gasteiger charge is -2.09. The number of nitrogens with one attached hydrogen (secondary N) is 1. The summed E-state index contributed by atoms with van der Waals surface area (Å²) in [6.07, 6.45) is 4.66. The maximum absolute atomic E-state index is 11.9. The summed E-state index contributed by atoms with van der Waals surface area (Å²) in [6.45, 7) is 5.28. The molecule has 0 aromatic carbocycles. The molecule has 100 valence electrons. The number of nitrogens with zero attached hydrogens (tertiary/aromatic N) is 1. The molecule has 0 saturated carbocycles. The van der Waals surface area contributed by atoms with Gasteiger partial charge in [0, 0.05) is 19.3 Å². The van der Waals surface area contributed by atoms with Gasteiger partial charge in [-0.3, -0.25) is 4.79 Å². The Morgan fingerprint density at radius 1 is 1.56 bits per heavy atom. The molecule has 0 atom stereocenters. The largest absolute Gasteiger partial charge is 0.379 e. The Morgan fingerprint density at radius 3 is 3.00 bits per heavy atom. The Hall–Kier alpha value is -1.07. The van der Waals surface area contributed by atoms with Gasteiger partial charge < -0.3 is 10.1 Å². The number of rotatable bonds is 7. The maximum atomic E-state index is 11.9. The molecule has 0 saturated heterocycles. The van der Waals surface area contributed by atoms with E-state index in [0.717, 1.165) is 11.4 Å². The number of carbonyl (C=O) groups excluding carboxylic acids is 1. The number of carbonyl (C=O) groups is 1. The molecule has 4 nitrogen and oxygen atoms in total. The number of hydrogen-bond donors (Lipinski definition) is 1. The SMILES string of the molecule is CSc1ncccc1C(=O)NCCCOC(C)C. The first-order chi connectivity index (χ1) is 8.65. The molecule has 1 aromatic rings. The minimum absolute atomic E-state index is 0.0722. The first-order valence-electron chi connectivity index (χ1n) is 6.04. The van der Waals surface area contributed by atoms with Crippen LogP contribution in [0.4, 0.5) is 0 Å². The number of thioether (sulfide) groups is 1. The predicted octanol–water partition coefficient (Wildman–Crippen LogP) is 2.35.